The van der Waals surface area contributed by atoms with Gasteiger partial charge in [0.2, 0.25) is 0 Å². The summed E-state index contributed by atoms with van der Waals surface area (Å²) in [5, 5.41) is 0. The molecule has 0 amide bonds. The van der Waals surface area contributed by atoms with Crippen molar-refractivity contribution in [2.75, 3.05) is 0 Å². The maximum absolute atomic E-state index is 11.2. The SMILES string of the molecule is CCC(=O)C(C)Oc1ccc(Br)cc1. The van der Waals surface area contributed by atoms with Gasteiger partial charge in [-0.1, -0.05) is 22.9 Å². The summed E-state index contributed by atoms with van der Waals surface area (Å²) in [6.07, 6.45) is 0.152. The summed E-state index contributed by atoms with van der Waals surface area (Å²) in [7, 11) is 0. The number of hydrogen-bond donors (Lipinski definition) is 0. The lowest BCUT2D eigenvalue weighted by Crippen LogP contribution is -2.22. The van der Waals surface area contributed by atoms with Gasteiger partial charge in [-0.3, -0.25) is 4.79 Å². The second-order valence-electron chi connectivity index (χ2n) is 3.03. The van der Waals surface area contributed by atoms with Crippen molar-refractivity contribution >= 4 is 21.7 Å². The van der Waals surface area contributed by atoms with E-state index < -0.39 is 0 Å². The van der Waals surface area contributed by atoms with Gasteiger partial charge in [-0.05, 0) is 31.2 Å². The van der Waals surface area contributed by atoms with Crippen LogP contribution >= 0.6 is 15.9 Å². The highest BCUT2D eigenvalue weighted by atomic mass is 79.9. The van der Waals surface area contributed by atoms with Crippen LogP contribution in [0.3, 0.4) is 0 Å². The Kier molecular flexibility index (Phi) is 4.14. The molecule has 0 saturated carbocycles. The number of Topliss-reactive ketones (excluding diaryl/α,β-unsaturated/α-hetero) is 1. The molecule has 3 heteroatoms. The monoisotopic (exact) mass is 256 g/mol. The molecule has 0 radical (unpaired) electrons. The molecule has 1 aromatic rings. The minimum atomic E-state index is -0.360. The first-order valence-electron chi connectivity index (χ1n) is 4.58. The van der Waals surface area contributed by atoms with E-state index in [1.807, 2.05) is 31.2 Å². The summed E-state index contributed by atoms with van der Waals surface area (Å²) in [6.45, 7) is 3.61. The maximum Gasteiger partial charge on any atom is 0.172 e. The molecule has 0 aromatic heterocycles. The number of rotatable bonds is 4. The molecule has 0 aliphatic heterocycles. The van der Waals surface area contributed by atoms with Crippen molar-refractivity contribution in [3.05, 3.63) is 28.7 Å². The van der Waals surface area contributed by atoms with E-state index in [2.05, 4.69) is 15.9 Å². The molecular weight excluding hydrogens is 244 g/mol. The van der Waals surface area contributed by atoms with Crippen molar-refractivity contribution in [1.29, 1.82) is 0 Å². The van der Waals surface area contributed by atoms with Crippen LogP contribution in [-0.4, -0.2) is 11.9 Å². The van der Waals surface area contributed by atoms with Crippen LogP contribution in [0, 0.1) is 0 Å². The Morgan fingerprint density at radius 2 is 2.00 bits per heavy atom. The van der Waals surface area contributed by atoms with Crippen molar-refractivity contribution < 1.29 is 9.53 Å². The minimum absolute atomic E-state index is 0.118. The number of benzene rings is 1. The van der Waals surface area contributed by atoms with E-state index in [0.29, 0.717) is 6.42 Å². The van der Waals surface area contributed by atoms with Gasteiger partial charge >= 0.3 is 0 Å². The quantitative estimate of drug-likeness (QED) is 0.827. The fourth-order valence-corrected chi connectivity index (χ4v) is 1.33. The molecule has 0 fully saturated rings. The standard InChI is InChI=1S/C11H13BrO2/c1-3-11(13)8(2)14-10-6-4-9(12)5-7-10/h4-8H,3H2,1-2H3. The molecule has 1 unspecified atom stereocenters. The molecule has 14 heavy (non-hydrogen) atoms. The van der Waals surface area contributed by atoms with Crippen LogP contribution in [0.4, 0.5) is 0 Å². The third-order valence-electron chi connectivity index (χ3n) is 1.93. The predicted molar refractivity (Wildman–Crippen MR) is 59.5 cm³/mol. The van der Waals surface area contributed by atoms with Gasteiger partial charge in [-0.2, -0.15) is 0 Å². The molecule has 0 aliphatic carbocycles. The van der Waals surface area contributed by atoms with Gasteiger partial charge in [0.1, 0.15) is 5.75 Å². The van der Waals surface area contributed by atoms with E-state index in [4.69, 9.17) is 4.74 Å². The van der Waals surface area contributed by atoms with Crippen LogP contribution in [0.1, 0.15) is 20.3 Å². The summed E-state index contributed by atoms with van der Waals surface area (Å²) >= 11 is 3.33. The van der Waals surface area contributed by atoms with Crippen LogP contribution in [0.15, 0.2) is 28.7 Å². The van der Waals surface area contributed by atoms with Crippen LogP contribution in [0.5, 0.6) is 5.75 Å². The Labute approximate surface area is 92.4 Å². The van der Waals surface area contributed by atoms with E-state index >= 15 is 0 Å². The Morgan fingerprint density at radius 1 is 1.43 bits per heavy atom. The molecule has 76 valence electrons. The average molecular weight is 257 g/mol. The molecular formula is C11H13BrO2. The van der Waals surface area contributed by atoms with Crippen LogP contribution in [-0.2, 0) is 4.79 Å². The van der Waals surface area contributed by atoms with Crippen molar-refractivity contribution in [2.45, 2.75) is 26.4 Å². The number of carbonyl (C=O) groups is 1. The Bertz CT molecular complexity index is 306. The lowest BCUT2D eigenvalue weighted by atomic mass is 10.2. The normalized spacial score (nSPS) is 12.2. The second-order valence-corrected chi connectivity index (χ2v) is 3.95. The first kappa shape index (κ1) is 11.2. The third-order valence-corrected chi connectivity index (χ3v) is 2.46. The topological polar surface area (TPSA) is 26.3 Å². The molecule has 1 rings (SSSR count). The second kappa shape index (κ2) is 5.15. The lowest BCUT2D eigenvalue weighted by Gasteiger charge is -2.12. The predicted octanol–water partition coefficient (Wildman–Crippen LogP) is 3.20. The van der Waals surface area contributed by atoms with Gasteiger partial charge < -0.3 is 4.74 Å². The summed E-state index contributed by atoms with van der Waals surface area (Å²) in [5.74, 6) is 0.843. The van der Waals surface area contributed by atoms with Gasteiger partial charge in [-0.25, -0.2) is 0 Å². The zero-order valence-electron chi connectivity index (χ0n) is 8.29. The zero-order chi connectivity index (χ0) is 10.6. The van der Waals surface area contributed by atoms with Crippen LogP contribution < -0.4 is 4.74 Å². The molecule has 2 nitrogen and oxygen atoms in total. The summed E-state index contributed by atoms with van der Waals surface area (Å²) in [6, 6.07) is 7.45. The fraction of sp³-hybridized carbons (Fsp3) is 0.364. The molecule has 0 heterocycles. The molecule has 1 atom stereocenters. The first-order valence-corrected chi connectivity index (χ1v) is 5.37. The van der Waals surface area contributed by atoms with Gasteiger partial charge in [0.25, 0.3) is 0 Å². The molecule has 0 saturated heterocycles. The third kappa shape index (κ3) is 3.14. The summed E-state index contributed by atoms with van der Waals surface area (Å²) < 4.78 is 6.45. The molecule has 0 N–H and O–H groups in total. The van der Waals surface area contributed by atoms with Crippen molar-refractivity contribution in [3.63, 3.8) is 0 Å². The van der Waals surface area contributed by atoms with Crippen LogP contribution in [0.2, 0.25) is 0 Å². The summed E-state index contributed by atoms with van der Waals surface area (Å²) in [5.41, 5.74) is 0. The molecule has 1 aromatic carbocycles. The van der Waals surface area contributed by atoms with E-state index in [9.17, 15) is 4.79 Å². The van der Waals surface area contributed by atoms with Gasteiger partial charge in [0.05, 0.1) is 0 Å². The van der Waals surface area contributed by atoms with Gasteiger partial charge in [0, 0.05) is 10.9 Å². The van der Waals surface area contributed by atoms with Crippen LogP contribution in [0.25, 0.3) is 0 Å². The van der Waals surface area contributed by atoms with Gasteiger partial charge in [0.15, 0.2) is 11.9 Å². The number of hydrogen-bond acceptors (Lipinski definition) is 2. The smallest absolute Gasteiger partial charge is 0.172 e. The number of ketones is 1. The highest BCUT2D eigenvalue weighted by molar-refractivity contribution is 9.10. The lowest BCUT2D eigenvalue weighted by molar-refractivity contribution is -0.124. The maximum atomic E-state index is 11.2. The Hall–Kier alpha value is -0.830. The molecule has 0 bridgehead atoms. The molecule has 0 spiro atoms. The van der Waals surface area contributed by atoms with E-state index in [1.54, 1.807) is 6.92 Å². The highest BCUT2D eigenvalue weighted by Crippen LogP contribution is 2.17. The number of halogens is 1. The zero-order valence-corrected chi connectivity index (χ0v) is 9.87. The first-order chi connectivity index (χ1) is 6.63. The van der Waals surface area contributed by atoms with E-state index in [0.717, 1.165) is 10.2 Å². The Morgan fingerprint density at radius 3 is 2.50 bits per heavy atom. The largest absolute Gasteiger partial charge is 0.483 e. The number of carbonyl (C=O) groups excluding carboxylic acids is 1. The highest BCUT2D eigenvalue weighted by Gasteiger charge is 2.11. The van der Waals surface area contributed by atoms with Crippen molar-refractivity contribution in [3.8, 4) is 5.75 Å². The number of ether oxygens (including phenoxy) is 1. The summed E-state index contributed by atoms with van der Waals surface area (Å²) in [4.78, 5) is 11.2. The van der Waals surface area contributed by atoms with Gasteiger partial charge in [-0.15, -0.1) is 0 Å². The molecule has 0 aliphatic rings. The Balaban J connectivity index is 2.60. The van der Waals surface area contributed by atoms with E-state index in [-0.39, 0.29) is 11.9 Å². The minimum Gasteiger partial charge on any atom is -0.483 e. The van der Waals surface area contributed by atoms with E-state index in [1.165, 1.54) is 0 Å². The van der Waals surface area contributed by atoms with Crippen molar-refractivity contribution in [2.24, 2.45) is 0 Å². The average Bonchev–Trinajstić information content (AvgIpc) is 2.20. The fourth-order valence-electron chi connectivity index (χ4n) is 1.07. The van der Waals surface area contributed by atoms with Crippen molar-refractivity contribution in [1.82, 2.24) is 0 Å².